The van der Waals surface area contributed by atoms with Crippen molar-refractivity contribution in [1.82, 2.24) is 19.8 Å². The molecule has 0 radical (unpaired) electrons. The summed E-state index contributed by atoms with van der Waals surface area (Å²) in [4.78, 5) is 42.0. The number of carbonyl (C=O) groups is 2. The molecule has 30 heavy (non-hydrogen) atoms. The van der Waals surface area contributed by atoms with E-state index in [1.54, 1.807) is 12.4 Å². The standard InChI is InChI=1S/C22H28N6O2/c29-21(27-15-11-25(12-16-27)19-5-1-3-9-23-19)7-8-22(30)28-17-13-26(14-18-28)20-6-2-4-10-24-20/h1-6,9-10H,7-8,11-18H2. The summed E-state index contributed by atoms with van der Waals surface area (Å²) in [5, 5.41) is 0. The van der Waals surface area contributed by atoms with Crippen LogP contribution >= 0.6 is 0 Å². The van der Waals surface area contributed by atoms with Gasteiger partial charge in [-0.15, -0.1) is 0 Å². The van der Waals surface area contributed by atoms with Gasteiger partial charge in [0.15, 0.2) is 0 Å². The van der Waals surface area contributed by atoms with Crippen LogP contribution in [0.25, 0.3) is 0 Å². The first-order valence-corrected chi connectivity index (χ1v) is 10.6. The third kappa shape index (κ3) is 4.87. The molecule has 0 atom stereocenters. The Morgan fingerprint density at radius 1 is 0.633 bits per heavy atom. The molecule has 2 aromatic heterocycles. The van der Waals surface area contributed by atoms with E-state index in [1.807, 2.05) is 46.2 Å². The molecule has 0 bridgehead atoms. The van der Waals surface area contributed by atoms with Gasteiger partial charge in [0, 0.05) is 77.6 Å². The normalized spacial score (nSPS) is 17.2. The van der Waals surface area contributed by atoms with Crippen molar-refractivity contribution in [2.45, 2.75) is 12.8 Å². The lowest BCUT2D eigenvalue weighted by atomic mass is 10.2. The predicted octanol–water partition coefficient (Wildman–Crippen LogP) is 1.25. The molecule has 2 fully saturated rings. The lowest BCUT2D eigenvalue weighted by Crippen LogP contribution is -2.50. The number of pyridine rings is 2. The van der Waals surface area contributed by atoms with Crippen LogP contribution in [0.3, 0.4) is 0 Å². The Balaban J connectivity index is 1.18. The first kappa shape index (κ1) is 20.1. The lowest BCUT2D eigenvalue weighted by Gasteiger charge is -2.36. The van der Waals surface area contributed by atoms with E-state index in [2.05, 4.69) is 19.8 Å². The Morgan fingerprint density at radius 3 is 1.37 bits per heavy atom. The van der Waals surface area contributed by atoms with Gasteiger partial charge in [0.25, 0.3) is 0 Å². The Morgan fingerprint density at radius 2 is 1.03 bits per heavy atom. The van der Waals surface area contributed by atoms with Crippen molar-refractivity contribution < 1.29 is 9.59 Å². The molecule has 158 valence electrons. The molecule has 2 amide bonds. The summed E-state index contributed by atoms with van der Waals surface area (Å²) in [5.74, 6) is 2.03. The van der Waals surface area contributed by atoms with Crippen molar-refractivity contribution in [1.29, 1.82) is 0 Å². The van der Waals surface area contributed by atoms with Crippen LogP contribution < -0.4 is 9.80 Å². The van der Waals surface area contributed by atoms with Crippen LogP contribution in [-0.2, 0) is 9.59 Å². The monoisotopic (exact) mass is 408 g/mol. The predicted molar refractivity (Wildman–Crippen MR) is 115 cm³/mol. The molecular weight excluding hydrogens is 380 g/mol. The maximum absolute atomic E-state index is 12.6. The second-order valence-electron chi connectivity index (χ2n) is 7.61. The summed E-state index contributed by atoms with van der Waals surface area (Å²) < 4.78 is 0. The van der Waals surface area contributed by atoms with Crippen LogP contribution in [0.5, 0.6) is 0 Å². The van der Waals surface area contributed by atoms with Crippen LogP contribution in [0.4, 0.5) is 11.6 Å². The molecule has 2 aliphatic heterocycles. The maximum Gasteiger partial charge on any atom is 0.223 e. The van der Waals surface area contributed by atoms with Crippen molar-refractivity contribution in [3.8, 4) is 0 Å². The summed E-state index contributed by atoms with van der Waals surface area (Å²) in [5.41, 5.74) is 0. The lowest BCUT2D eigenvalue weighted by molar-refractivity contribution is -0.137. The molecule has 0 saturated carbocycles. The van der Waals surface area contributed by atoms with E-state index in [9.17, 15) is 9.59 Å². The largest absolute Gasteiger partial charge is 0.353 e. The van der Waals surface area contributed by atoms with Crippen molar-refractivity contribution in [2.75, 3.05) is 62.2 Å². The minimum Gasteiger partial charge on any atom is -0.353 e. The Labute approximate surface area is 177 Å². The number of hydrogen-bond donors (Lipinski definition) is 0. The minimum absolute atomic E-state index is 0.0659. The molecule has 8 heteroatoms. The van der Waals surface area contributed by atoms with Gasteiger partial charge in [-0.3, -0.25) is 9.59 Å². The van der Waals surface area contributed by atoms with E-state index >= 15 is 0 Å². The van der Waals surface area contributed by atoms with Gasteiger partial charge in [0.2, 0.25) is 11.8 Å². The second kappa shape index (κ2) is 9.56. The third-order valence-electron chi connectivity index (χ3n) is 5.76. The first-order valence-electron chi connectivity index (χ1n) is 10.6. The molecule has 2 aromatic rings. The van der Waals surface area contributed by atoms with E-state index in [-0.39, 0.29) is 24.7 Å². The molecule has 0 unspecified atom stereocenters. The Hall–Kier alpha value is -3.16. The van der Waals surface area contributed by atoms with E-state index in [1.165, 1.54) is 0 Å². The maximum atomic E-state index is 12.6. The van der Waals surface area contributed by atoms with Crippen LogP contribution in [0.15, 0.2) is 48.8 Å². The topological polar surface area (TPSA) is 72.9 Å². The van der Waals surface area contributed by atoms with Crippen LogP contribution in [0.1, 0.15) is 12.8 Å². The van der Waals surface area contributed by atoms with Gasteiger partial charge in [-0.25, -0.2) is 9.97 Å². The number of rotatable bonds is 5. The van der Waals surface area contributed by atoms with E-state index in [0.29, 0.717) is 26.2 Å². The van der Waals surface area contributed by atoms with E-state index in [0.717, 1.165) is 37.8 Å². The van der Waals surface area contributed by atoms with E-state index in [4.69, 9.17) is 0 Å². The van der Waals surface area contributed by atoms with Crippen LogP contribution in [-0.4, -0.2) is 83.9 Å². The minimum atomic E-state index is 0.0659. The molecular formula is C22H28N6O2. The summed E-state index contributed by atoms with van der Waals surface area (Å²) >= 11 is 0. The SMILES string of the molecule is O=C(CCC(=O)N1CCN(c2ccccn2)CC1)N1CCN(c2ccccn2)CC1. The molecule has 4 heterocycles. The van der Waals surface area contributed by atoms with Gasteiger partial charge in [-0.05, 0) is 24.3 Å². The Kier molecular flexibility index (Phi) is 6.41. The summed E-state index contributed by atoms with van der Waals surface area (Å²) in [7, 11) is 0. The molecule has 0 aliphatic carbocycles. The third-order valence-corrected chi connectivity index (χ3v) is 5.76. The fourth-order valence-electron chi connectivity index (χ4n) is 3.98. The number of aromatic nitrogens is 2. The van der Waals surface area contributed by atoms with Gasteiger partial charge >= 0.3 is 0 Å². The molecule has 8 nitrogen and oxygen atoms in total. The zero-order chi connectivity index (χ0) is 20.8. The van der Waals surface area contributed by atoms with Crippen molar-refractivity contribution in [2.24, 2.45) is 0 Å². The average Bonchev–Trinajstić information content (AvgIpc) is 2.83. The quantitative estimate of drug-likeness (QED) is 0.742. The van der Waals surface area contributed by atoms with Gasteiger partial charge in [0.05, 0.1) is 0 Å². The summed E-state index contributed by atoms with van der Waals surface area (Å²) in [6.07, 6.45) is 4.13. The fourth-order valence-corrected chi connectivity index (χ4v) is 3.98. The molecule has 0 spiro atoms. The smallest absolute Gasteiger partial charge is 0.223 e. The highest BCUT2D eigenvalue weighted by Gasteiger charge is 2.25. The molecule has 0 N–H and O–H groups in total. The highest BCUT2D eigenvalue weighted by Crippen LogP contribution is 2.15. The van der Waals surface area contributed by atoms with Crippen molar-refractivity contribution in [3.63, 3.8) is 0 Å². The van der Waals surface area contributed by atoms with E-state index < -0.39 is 0 Å². The average molecular weight is 409 g/mol. The molecule has 2 aliphatic rings. The van der Waals surface area contributed by atoms with Gasteiger partial charge in [-0.2, -0.15) is 0 Å². The van der Waals surface area contributed by atoms with Gasteiger partial charge in [0.1, 0.15) is 11.6 Å². The highest BCUT2D eigenvalue weighted by atomic mass is 16.2. The summed E-state index contributed by atoms with van der Waals surface area (Å²) in [6.45, 7) is 5.77. The number of carbonyl (C=O) groups excluding carboxylic acids is 2. The number of hydrogen-bond acceptors (Lipinski definition) is 6. The molecule has 4 rings (SSSR count). The highest BCUT2D eigenvalue weighted by molar-refractivity contribution is 5.84. The zero-order valence-electron chi connectivity index (χ0n) is 17.2. The van der Waals surface area contributed by atoms with Crippen molar-refractivity contribution in [3.05, 3.63) is 48.8 Å². The zero-order valence-corrected chi connectivity index (χ0v) is 17.2. The first-order chi connectivity index (χ1) is 14.7. The van der Waals surface area contributed by atoms with Crippen molar-refractivity contribution >= 4 is 23.5 Å². The fraction of sp³-hybridized carbons (Fsp3) is 0.455. The van der Waals surface area contributed by atoms with Gasteiger partial charge < -0.3 is 19.6 Å². The van der Waals surface area contributed by atoms with Crippen LogP contribution in [0, 0.1) is 0 Å². The molecule has 0 aromatic carbocycles. The van der Waals surface area contributed by atoms with Crippen LogP contribution in [0.2, 0.25) is 0 Å². The second-order valence-corrected chi connectivity index (χ2v) is 7.61. The number of anilines is 2. The summed E-state index contributed by atoms with van der Waals surface area (Å²) in [6, 6.07) is 11.7. The molecule has 2 saturated heterocycles. The number of amides is 2. The number of nitrogens with zero attached hydrogens (tertiary/aromatic N) is 6. The number of piperazine rings is 2. The Bertz CT molecular complexity index is 760. The van der Waals surface area contributed by atoms with Gasteiger partial charge in [-0.1, -0.05) is 12.1 Å².